The van der Waals surface area contributed by atoms with Crippen LogP contribution in [0.3, 0.4) is 0 Å². The molecule has 0 saturated carbocycles. The predicted octanol–water partition coefficient (Wildman–Crippen LogP) is 0.871. The molecule has 0 unspecified atom stereocenters. The lowest BCUT2D eigenvalue weighted by Crippen LogP contribution is -2.49. The highest BCUT2D eigenvalue weighted by molar-refractivity contribution is 5.88. The first-order chi connectivity index (χ1) is 7.73. The van der Waals surface area contributed by atoms with Gasteiger partial charge in [-0.3, -0.25) is 9.59 Å². The number of nitrogens with zero attached hydrogens (tertiary/aromatic N) is 1. The van der Waals surface area contributed by atoms with E-state index < -0.39 is 30.7 Å². The first-order valence-corrected chi connectivity index (χ1v) is 4.91. The number of amides is 2. The van der Waals surface area contributed by atoms with Gasteiger partial charge in [-0.05, 0) is 6.42 Å². The van der Waals surface area contributed by atoms with Crippen LogP contribution < -0.4 is 5.32 Å². The second-order valence-corrected chi connectivity index (χ2v) is 3.43. The van der Waals surface area contributed by atoms with E-state index in [4.69, 9.17) is 0 Å². The Balaban J connectivity index is 4.37. The third-order valence-corrected chi connectivity index (χ3v) is 1.86. The van der Waals surface area contributed by atoms with Crippen molar-refractivity contribution in [2.75, 3.05) is 20.1 Å². The topological polar surface area (TPSA) is 49.4 Å². The number of nitrogens with one attached hydrogen (secondary N) is 1. The summed E-state index contributed by atoms with van der Waals surface area (Å²) in [6.07, 6.45) is -3.45. The highest BCUT2D eigenvalue weighted by atomic mass is 19.3. The summed E-state index contributed by atoms with van der Waals surface area (Å²) in [5.41, 5.74) is 0. The van der Waals surface area contributed by atoms with Gasteiger partial charge in [0.2, 0.25) is 5.91 Å². The molecule has 0 radical (unpaired) electrons. The van der Waals surface area contributed by atoms with Crippen LogP contribution in [0.4, 0.5) is 17.6 Å². The zero-order chi connectivity index (χ0) is 13.6. The van der Waals surface area contributed by atoms with Crippen LogP contribution in [0.1, 0.15) is 13.3 Å². The van der Waals surface area contributed by atoms with Gasteiger partial charge in [0.05, 0.1) is 6.54 Å². The normalized spacial score (nSPS) is 11.5. The maximum atomic E-state index is 12.6. The molecule has 4 nitrogen and oxygen atoms in total. The Bertz CT molecular complexity index is 284. The van der Waals surface area contributed by atoms with E-state index in [0.29, 0.717) is 13.0 Å². The minimum Gasteiger partial charge on any atom is -0.355 e. The van der Waals surface area contributed by atoms with Gasteiger partial charge in [-0.25, -0.2) is 8.78 Å². The molecule has 0 aliphatic heterocycles. The van der Waals surface area contributed by atoms with E-state index in [-0.39, 0.29) is 4.90 Å². The van der Waals surface area contributed by atoms with Crippen molar-refractivity contribution in [2.24, 2.45) is 0 Å². The Kier molecular flexibility index (Phi) is 5.90. The Morgan fingerprint density at radius 3 is 2.29 bits per heavy atom. The average Bonchev–Trinajstić information content (AvgIpc) is 2.24. The fraction of sp³-hybridized carbons (Fsp3) is 0.778. The molecule has 2 amide bonds. The van der Waals surface area contributed by atoms with E-state index >= 15 is 0 Å². The molecular formula is C9H14F4N2O2. The lowest BCUT2D eigenvalue weighted by atomic mass is 10.3. The highest BCUT2D eigenvalue weighted by Crippen LogP contribution is 2.24. The second-order valence-electron chi connectivity index (χ2n) is 3.43. The molecule has 100 valence electrons. The van der Waals surface area contributed by atoms with Gasteiger partial charge in [-0.15, -0.1) is 0 Å². The standard InChI is InChI=1S/C9H14F4N2O2/c1-3-4-14-6(16)5-15(2)8(17)9(12,13)7(10)11/h7H,3-5H2,1-2H3,(H,14,16). The number of likely N-dealkylation sites (N-methyl/N-ethyl adjacent to an activating group) is 1. The minimum absolute atomic E-state index is 0.275. The molecule has 17 heavy (non-hydrogen) atoms. The lowest BCUT2D eigenvalue weighted by Gasteiger charge is -2.22. The summed E-state index contributed by atoms with van der Waals surface area (Å²) < 4.78 is 49.0. The largest absolute Gasteiger partial charge is 0.383 e. The summed E-state index contributed by atoms with van der Waals surface area (Å²) in [4.78, 5) is 22.3. The summed E-state index contributed by atoms with van der Waals surface area (Å²) in [5, 5.41) is 2.33. The van der Waals surface area contributed by atoms with Crippen molar-refractivity contribution in [3.05, 3.63) is 0 Å². The van der Waals surface area contributed by atoms with E-state index in [1.165, 1.54) is 0 Å². The zero-order valence-electron chi connectivity index (χ0n) is 9.47. The predicted molar refractivity (Wildman–Crippen MR) is 51.9 cm³/mol. The second kappa shape index (κ2) is 6.41. The van der Waals surface area contributed by atoms with Crippen molar-refractivity contribution in [3.63, 3.8) is 0 Å². The molecule has 0 spiro atoms. The molecule has 0 fully saturated rings. The fourth-order valence-corrected chi connectivity index (χ4v) is 0.955. The van der Waals surface area contributed by atoms with E-state index in [0.717, 1.165) is 7.05 Å². The summed E-state index contributed by atoms with van der Waals surface area (Å²) in [7, 11) is 0.865. The van der Waals surface area contributed by atoms with Gasteiger partial charge in [-0.2, -0.15) is 8.78 Å². The number of rotatable bonds is 6. The van der Waals surface area contributed by atoms with Crippen LogP contribution >= 0.6 is 0 Å². The van der Waals surface area contributed by atoms with Crippen molar-refractivity contribution in [1.82, 2.24) is 10.2 Å². The number of hydrogen-bond donors (Lipinski definition) is 1. The van der Waals surface area contributed by atoms with Crippen LogP contribution in [0.2, 0.25) is 0 Å². The molecule has 8 heteroatoms. The zero-order valence-corrected chi connectivity index (χ0v) is 9.47. The molecule has 0 aromatic rings. The molecule has 1 N–H and O–H groups in total. The third kappa shape index (κ3) is 4.58. The van der Waals surface area contributed by atoms with Gasteiger partial charge < -0.3 is 10.2 Å². The lowest BCUT2D eigenvalue weighted by molar-refractivity contribution is -0.179. The maximum Gasteiger partial charge on any atom is 0.383 e. The highest BCUT2D eigenvalue weighted by Gasteiger charge is 2.50. The number of carbonyl (C=O) groups is 2. The Hall–Kier alpha value is -1.34. The van der Waals surface area contributed by atoms with Crippen LogP contribution in [0.25, 0.3) is 0 Å². The molecule has 0 heterocycles. The Morgan fingerprint density at radius 2 is 1.88 bits per heavy atom. The van der Waals surface area contributed by atoms with Gasteiger partial charge in [0.1, 0.15) is 0 Å². The van der Waals surface area contributed by atoms with E-state index in [2.05, 4.69) is 5.32 Å². The molecule has 0 aromatic heterocycles. The van der Waals surface area contributed by atoms with Gasteiger partial charge >= 0.3 is 12.3 Å². The van der Waals surface area contributed by atoms with Crippen LogP contribution in [0.5, 0.6) is 0 Å². The minimum atomic E-state index is -4.76. The van der Waals surface area contributed by atoms with Crippen molar-refractivity contribution < 1.29 is 27.2 Å². The van der Waals surface area contributed by atoms with E-state index in [1.54, 1.807) is 6.92 Å². The molecule has 0 atom stereocenters. The smallest absolute Gasteiger partial charge is 0.355 e. The SMILES string of the molecule is CCCNC(=O)CN(C)C(=O)C(F)(F)C(F)F. The number of halogens is 4. The van der Waals surface area contributed by atoms with Gasteiger partial charge in [0, 0.05) is 13.6 Å². The summed E-state index contributed by atoms with van der Waals surface area (Å²) >= 11 is 0. The first-order valence-electron chi connectivity index (χ1n) is 4.91. The average molecular weight is 258 g/mol. The van der Waals surface area contributed by atoms with Gasteiger partial charge in [0.25, 0.3) is 5.91 Å². The third-order valence-electron chi connectivity index (χ3n) is 1.86. The molecule has 0 saturated heterocycles. The quantitative estimate of drug-likeness (QED) is 0.719. The van der Waals surface area contributed by atoms with Crippen molar-refractivity contribution in [3.8, 4) is 0 Å². The van der Waals surface area contributed by atoms with Gasteiger partial charge in [0.15, 0.2) is 0 Å². The van der Waals surface area contributed by atoms with Crippen LogP contribution in [-0.2, 0) is 9.59 Å². The summed E-state index contributed by atoms with van der Waals surface area (Å²) in [5.74, 6) is -7.51. The molecule has 0 rings (SSSR count). The fourth-order valence-electron chi connectivity index (χ4n) is 0.955. The van der Waals surface area contributed by atoms with E-state index in [1.807, 2.05) is 0 Å². The maximum absolute atomic E-state index is 12.6. The molecule has 0 aliphatic rings. The molecule has 0 aromatic carbocycles. The Morgan fingerprint density at radius 1 is 1.35 bits per heavy atom. The first kappa shape index (κ1) is 15.7. The molecular weight excluding hydrogens is 244 g/mol. The number of carbonyl (C=O) groups excluding carboxylic acids is 2. The molecule has 0 aliphatic carbocycles. The van der Waals surface area contributed by atoms with Crippen LogP contribution in [0, 0.1) is 0 Å². The Labute approximate surface area is 96.0 Å². The molecule has 0 bridgehead atoms. The van der Waals surface area contributed by atoms with Crippen molar-refractivity contribution in [1.29, 1.82) is 0 Å². The van der Waals surface area contributed by atoms with Crippen LogP contribution in [0.15, 0.2) is 0 Å². The van der Waals surface area contributed by atoms with Crippen LogP contribution in [-0.4, -0.2) is 49.2 Å². The summed E-state index contributed by atoms with van der Waals surface area (Å²) in [6, 6.07) is 0. The monoisotopic (exact) mass is 258 g/mol. The van der Waals surface area contributed by atoms with E-state index in [9.17, 15) is 27.2 Å². The number of hydrogen-bond acceptors (Lipinski definition) is 2. The summed E-state index contributed by atoms with van der Waals surface area (Å²) in [6.45, 7) is 1.42. The van der Waals surface area contributed by atoms with Gasteiger partial charge in [-0.1, -0.05) is 6.92 Å². The van der Waals surface area contributed by atoms with Crippen molar-refractivity contribution >= 4 is 11.8 Å². The van der Waals surface area contributed by atoms with Crippen molar-refractivity contribution in [2.45, 2.75) is 25.7 Å². The number of alkyl halides is 4.